The summed E-state index contributed by atoms with van der Waals surface area (Å²) in [5.41, 5.74) is 3.18. The van der Waals surface area contributed by atoms with Gasteiger partial charge < -0.3 is 10.1 Å². The second-order valence-corrected chi connectivity index (χ2v) is 6.73. The maximum absolute atomic E-state index is 5.86. The highest BCUT2D eigenvalue weighted by atomic mass is 16.5. The fourth-order valence-electron chi connectivity index (χ4n) is 2.90. The standard InChI is InChI=1S/C17H29N3O/c1-12(2)11-18-9-7-15-13(3)19-16(20-14(15)4)17(5)8-6-10-21-17/h12,18H,6-11H2,1-5H3. The van der Waals surface area contributed by atoms with Crippen LogP contribution in [0.25, 0.3) is 0 Å². The van der Waals surface area contributed by atoms with E-state index in [1.807, 2.05) is 0 Å². The molecule has 0 saturated carbocycles. The Labute approximate surface area is 128 Å². The van der Waals surface area contributed by atoms with E-state index in [0.29, 0.717) is 5.92 Å². The van der Waals surface area contributed by atoms with Gasteiger partial charge in [-0.3, -0.25) is 0 Å². The predicted molar refractivity (Wildman–Crippen MR) is 85.5 cm³/mol. The minimum absolute atomic E-state index is 0.288. The van der Waals surface area contributed by atoms with Crippen molar-refractivity contribution in [3.63, 3.8) is 0 Å². The molecule has 1 fully saturated rings. The van der Waals surface area contributed by atoms with Crippen molar-refractivity contribution in [3.8, 4) is 0 Å². The van der Waals surface area contributed by atoms with Gasteiger partial charge in [-0.25, -0.2) is 9.97 Å². The topological polar surface area (TPSA) is 47.0 Å². The highest BCUT2D eigenvalue weighted by Crippen LogP contribution is 2.34. The van der Waals surface area contributed by atoms with E-state index >= 15 is 0 Å². The summed E-state index contributed by atoms with van der Waals surface area (Å²) >= 11 is 0. The van der Waals surface area contributed by atoms with Crippen molar-refractivity contribution in [2.24, 2.45) is 5.92 Å². The molecule has 0 amide bonds. The lowest BCUT2D eigenvalue weighted by molar-refractivity contribution is 0.00902. The number of hydrogen-bond donors (Lipinski definition) is 1. The number of aromatic nitrogens is 2. The lowest BCUT2D eigenvalue weighted by Crippen LogP contribution is -2.26. The molecular formula is C17H29N3O. The van der Waals surface area contributed by atoms with Crippen LogP contribution in [-0.2, 0) is 16.8 Å². The number of rotatable bonds is 6. The zero-order valence-corrected chi connectivity index (χ0v) is 14.1. The lowest BCUT2D eigenvalue weighted by atomic mass is 10.0. The van der Waals surface area contributed by atoms with Crippen LogP contribution in [0.4, 0.5) is 0 Å². The van der Waals surface area contributed by atoms with Gasteiger partial charge in [0.2, 0.25) is 0 Å². The van der Waals surface area contributed by atoms with Gasteiger partial charge in [0, 0.05) is 18.0 Å². The van der Waals surface area contributed by atoms with E-state index in [-0.39, 0.29) is 5.60 Å². The largest absolute Gasteiger partial charge is 0.367 e. The van der Waals surface area contributed by atoms with Crippen LogP contribution < -0.4 is 5.32 Å². The Bertz CT molecular complexity index is 456. The SMILES string of the molecule is Cc1nc(C2(C)CCCO2)nc(C)c1CCNCC(C)C. The molecule has 1 atom stereocenters. The van der Waals surface area contributed by atoms with E-state index in [9.17, 15) is 0 Å². The van der Waals surface area contributed by atoms with Crippen molar-refractivity contribution in [3.05, 3.63) is 22.8 Å². The number of nitrogens with one attached hydrogen (secondary N) is 1. The summed E-state index contributed by atoms with van der Waals surface area (Å²) in [6, 6.07) is 0. The maximum Gasteiger partial charge on any atom is 0.160 e. The van der Waals surface area contributed by atoms with Crippen LogP contribution in [0.5, 0.6) is 0 Å². The molecule has 118 valence electrons. The first-order valence-electron chi connectivity index (χ1n) is 8.11. The van der Waals surface area contributed by atoms with E-state index in [1.54, 1.807) is 0 Å². The Balaban J connectivity index is 2.07. The highest BCUT2D eigenvalue weighted by Gasteiger charge is 2.35. The minimum atomic E-state index is -0.288. The first kappa shape index (κ1) is 16.4. The molecule has 4 nitrogen and oxygen atoms in total. The second kappa shape index (κ2) is 6.84. The average molecular weight is 291 g/mol. The van der Waals surface area contributed by atoms with Crippen LogP contribution in [0.3, 0.4) is 0 Å². The molecule has 1 unspecified atom stereocenters. The zero-order valence-electron chi connectivity index (χ0n) is 14.1. The fourth-order valence-corrected chi connectivity index (χ4v) is 2.90. The Morgan fingerprint density at radius 1 is 1.24 bits per heavy atom. The molecule has 0 radical (unpaired) electrons. The molecule has 1 aromatic heterocycles. The van der Waals surface area contributed by atoms with Crippen molar-refractivity contribution >= 4 is 0 Å². The summed E-state index contributed by atoms with van der Waals surface area (Å²) in [6.07, 6.45) is 3.10. The van der Waals surface area contributed by atoms with Gasteiger partial charge in [0.15, 0.2) is 5.82 Å². The van der Waals surface area contributed by atoms with Gasteiger partial charge >= 0.3 is 0 Å². The van der Waals surface area contributed by atoms with Crippen molar-refractivity contribution in [1.29, 1.82) is 0 Å². The Kier molecular flexibility index (Phi) is 5.33. The molecule has 1 N–H and O–H groups in total. The molecular weight excluding hydrogens is 262 g/mol. The van der Waals surface area contributed by atoms with E-state index < -0.39 is 0 Å². The molecule has 1 aliphatic rings. The van der Waals surface area contributed by atoms with Gasteiger partial charge in [-0.2, -0.15) is 0 Å². The van der Waals surface area contributed by atoms with Crippen LogP contribution in [0.1, 0.15) is 56.4 Å². The Hall–Kier alpha value is -1.00. The molecule has 2 rings (SSSR count). The molecule has 4 heteroatoms. The third-order valence-corrected chi connectivity index (χ3v) is 4.22. The van der Waals surface area contributed by atoms with E-state index in [1.165, 1.54) is 5.56 Å². The van der Waals surface area contributed by atoms with Gasteiger partial charge in [-0.05, 0) is 64.6 Å². The fraction of sp³-hybridized carbons (Fsp3) is 0.765. The maximum atomic E-state index is 5.86. The normalized spacial score (nSPS) is 22.2. The van der Waals surface area contributed by atoms with Crippen LogP contribution in [0.15, 0.2) is 0 Å². The van der Waals surface area contributed by atoms with Crippen LogP contribution in [0, 0.1) is 19.8 Å². The zero-order chi connectivity index (χ0) is 15.5. The summed E-state index contributed by atoms with van der Waals surface area (Å²) in [7, 11) is 0. The van der Waals surface area contributed by atoms with Gasteiger partial charge in [0.25, 0.3) is 0 Å². The molecule has 1 aromatic rings. The Morgan fingerprint density at radius 2 is 1.90 bits per heavy atom. The Morgan fingerprint density at radius 3 is 2.43 bits per heavy atom. The third-order valence-electron chi connectivity index (χ3n) is 4.22. The van der Waals surface area contributed by atoms with Crippen LogP contribution in [-0.4, -0.2) is 29.7 Å². The highest BCUT2D eigenvalue weighted by molar-refractivity contribution is 5.26. The third kappa shape index (κ3) is 4.01. The van der Waals surface area contributed by atoms with Crippen molar-refractivity contribution in [2.45, 2.75) is 59.5 Å². The van der Waals surface area contributed by atoms with E-state index in [4.69, 9.17) is 14.7 Å². The molecule has 0 aliphatic carbocycles. The number of nitrogens with zero attached hydrogens (tertiary/aromatic N) is 2. The molecule has 1 aliphatic heterocycles. The van der Waals surface area contributed by atoms with Gasteiger partial charge in [-0.1, -0.05) is 13.8 Å². The summed E-state index contributed by atoms with van der Waals surface area (Å²) in [4.78, 5) is 9.48. The molecule has 0 spiro atoms. The van der Waals surface area contributed by atoms with Crippen molar-refractivity contribution < 1.29 is 4.74 Å². The number of hydrogen-bond acceptors (Lipinski definition) is 4. The molecule has 0 aromatic carbocycles. The molecule has 0 bridgehead atoms. The van der Waals surface area contributed by atoms with Gasteiger partial charge in [0.1, 0.15) is 5.60 Å². The molecule has 21 heavy (non-hydrogen) atoms. The predicted octanol–water partition coefficient (Wildman–Crippen LogP) is 2.91. The van der Waals surface area contributed by atoms with Gasteiger partial charge in [0.05, 0.1) is 0 Å². The van der Waals surface area contributed by atoms with Crippen molar-refractivity contribution in [1.82, 2.24) is 15.3 Å². The minimum Gasteiger partial charge on any atom is -0.367 e. The lowest BCUT2D eigenvalue weighted by Gasteiger charge is -2.23. The number of aryl methyl sites for hydroxylation is 2. The van der Waals surface area contributed by atoms with Gasteiger partial charge in [-0.15, -0.1) is 0 Å². The summed E-state index contributed by atoms with van der Waals surface area (Å²) in [5, 5.41) is 3.48. The average Bonchev–Trinajstić information content (AvgIpc) is 2.84. The van der Waals surface area contributed by atoms with E-state index in [2.05, 4.69) is 39.9 Å². The monoisotopic (exact) mass is 291 g/mol. The van der Waals surface area contributed by atoms with E-state index in [0.717, 1.165) is 56.2 Å². The molecule has 1 saturated heterocycles. The number of ether oxygens (including phenoxy) is 1. The summed E-state index contributed by atoms with van der Waals surface area (Å²) in [5.74, 6) is 1.54. The molecule has 2 heterocycles. The quantitative estimate of drug-likeness (QED) is 0.819. The smallest absolute Gasteiger partial charge is 0.160 e. The van der Waals surface area contributed by atoms with Crippen LogP contribution in [0.2, 0.25) is 0 Å². The first-order valence-corrected chi connectivity index (χ1v) is 8.11. The second-order valence-electron chi connectivity index (χ2n) is 6.73. The summed E-state index contributed by atoms with van der Waals surface area (Å²) in [6.45, 7) is 13.6. The van der Waals surface area contributed by atoms with Crippen LogP contribution >= 0.6 is 0 Å². The van der Waals surface area contributed by atoms with Crippen molar-refractivity contribution in [2.75, 3.05) is 19.7 Å². The summed E-state index contributed by atoms with van der Waals surface area (Å²) < 4.78 is 5.86. The first-order chi connectivity index (χ1) is 9.92.